The van der Waals surface area contributed by atoms with Gasteiger partial charge >= 0.3 is 17.9 Å². The van der Waals surface area contributed by atoms with Crippen molar-refractivity contribution in [2.45, 2.75) is 44.6 Å². The second-order valence-corrected chi connectivity index (χ2v) is 3.92. The van der Waals surface area contributed by atoms with Gasteiger partial charge in [0, 0.05) is 13.8 Å². The average Bonchev–Trinajstić information content (AvgIpc) is 2.26. The second kappa shape index (κ2) is 5.95. The van der Waals surface area contributed by atoms with E-state index in [4.69, 9.17) is 9.84 Å². The van der Waals surface area contributed by atoms with Crippen molar-refractivity contribution in [1.82, 2.24) is 0 Å². The van der Waals surface area contributed by atoms with Crippen LogP contribution in [0.2, 0.25) is 0 Å². The summed E-state index contributed by atoms with van der Waals surface area (Å²) in [6.07, 6.45) is -8.46. The van der Waals surface area contributed by atoms with Crippen molar-refractivity contribution in [1.29, 1.82) is 0 Å². The van der Waals surface area contributed by atoms with Crippen molar-refractivity contribution in [2.75, 3.05) is 0 Å². The van der Waals surface area contributed by atoms with Gasteiger partial charge in [-0.2, -0.15) is 0 Å². The molecule has 0 aromatic heterocycles. The maximum atomic E-state index is 10.9. The number of esters is 2. The quantitative estimate of drug-likeness (QED) is 0.500. The summed E-state index contributed by atoms with van der Waals surface area (Å²) in [5.41, 5.74) is 0. The van der Waals surface area contributed by atoms with Gasteiger partial charge in [-0.05, 0) is 0 Å². The van der Waals surface area contributed by atoms with Crippen molar-refractivity contribution >= 4 is 17.9 Å². The van der Waals surface area contributed by atoms with Gasteiger partial charge in [0.15, 0.2) is 24.6 Å². The molecule has 1 rings (SSSR count). The van der Waals surface area contributed by atoms with E-state index in [0.717, 1.165) is 13.8 Å². The van der Waals surface area contributed by atoms with E-state index in [0.29, 0.717) is 0 Å². The van der Waals surface area contributed by atoms with Gasteiger partial charge in [-0.15, -0.1) is 0 Å². The van der Waals surface area contributed by atoms with Crippen LogP contribution in [0.1, 0.15) is 13.8 Å². The fourth-order valence-corrected chi connectivity index (χ4v) is 1.69. The van der Waals surface area contributed by atoms with E-state index >= 15 is 0 Å². The van der Waals surface area contributed by atoms with E-state index < -0.39 is 48.6 Å². The highest BCUT2D eigenvalue weighted by Crippen LogP contribution is 2.25. The molecule has 9 nitrogen and oxygen atoms in total. The molecule has 0 aromatic carbocycles. The highest BCUT2D eigenvalue weighted by atomic mass is 16.7. The maximum absolute atomic E-state index is 10.9. The smallest absolute Gasteiger partial charge is 0.335 e. The Morgan fingerprint density at radius 1 is 1.00 bits per heavy atom. The molecular formula is C10H14O9. The largest absolute Gasteiger partial charge is 0.479 e. The normalized spacial score (nSPS) is 34.4. The molecule has 1 aliphatic heterocycles. The summed E-state index contributed by atoms with van der Waals surface area (Å²) >= 11 is 0. The molecule has 0 radical (unpaired) electrons. The zero-order chi connectivity index (χ0) is 14.7. The third kappa shape index (κ3) is 3.63. The van der Waals surface area contributed by atoms with Crippen LogP contribution in [0, 0.1) is 0 Å². The molecule has 19 heavy (non-hydrogen) atoms. The molecule has 0 unspecified atom stereocenters. The van der Waals surface area contributed by atoms with Crippen molar-refractivity contribution in [2.24, 2.45) is 0 Å². The van der Waals surface area contributed by atoms with Gasteiger partial charge in [0.25, 0.3) is 0 Å². The van der Waals surface area contributed by atoms with Gasteiger partial charge in [0.2, 0.25) is 0 Å². The van der Waals surface area contributed by atoms with Crippen LogP contribution in [-0.2, 0) is 28.6 Å². The van der Waals surface area contributed by atoms with Crippen LogP contribution in [-0.4, -0.2) is 63.9 Å². The highest BCUT2D eigenvalue weighted by molar-refractivity contribution is 5.74. The van der Waals surface area contributed by atoms with Crippen LogP contribution in [0.5, 0.6) is 0 Å². The average molecular weight is 278 g/mol. The molecule has 0 bridgehead atoms. The number of hydrogen-bond acceptors (Lipinski definition) is 8. The maximum Gasteiger partial charge on any atom is 0.335 e. The first-order valence-electron chi connectivity index (χ1n) is 5.33. The number of aliphatic carboxylic acids is 1. The van der Waals surface area contributed by atoms with Gasteiger partial charge in [-0.1, -0.05) is 0 Å². The number of ether oxygens (including phenoxy) is 3. The van der Waals surface area contributed by atoms with Crippen LogP contribution in [0.25, 0.3) is 0 Å². The lowest BCUT2D eigenvalue weighted by molar-refractivity contribution is -0.286. The van der Waals surface area contributed by atoms with Gasteiger partial charge in [0.1, 0.15) is 6.10 Å². The lowest BCUT2D eigenvalue weighted by atomic mass is 9.98. The summed E-state index contributed by atoms with van der Waals surface area (Å²) in [6, 6.07) is 0. The minimum Gasteiger partial charge on any atom is -0.479 e. The standard InChI is InChI=1S/C10H14O9/c1-3(11)17-6-5(13)7(9(14)15)19-10(16)8(6)18-4(2)12/h5-8,10,13,16H,1-2H3,(H,14,15)/t5-,6-,7-,8+,10+/m0/s1. The number of carboxylic acids is 1. The summed E-state index contributed by atoms with van der Waals surface area (Å²) in [4.78, 5) is 32.6. The Balaban J connectivity index is 2.98. The van der Waals surface area contributed by atoms with Crippen LogP contribution in [0.3, 0.4) is 0 Å². The fourth-order valence-electron chi connectivity index (χ4n) is 1.69. The molecule has 0 saturated carbocycles. The molecule has 1 heterocycles. The summed E-state index contributed by atoms with van der Waals surface area (Å²) in [5.74, 6) is -3.20. The van der Waals surface area contributed by atoms with E-state index in [2.05, 4.69) is 9.47 Å². The monoisotopic (exact) mass is 278 g/mol. The first-order valence-corrected chi connectivity index (χ1v) is 5.33. The first kappa shape index (κ1) is 15.3. The summed E-state index contributed by atoms with van der Waals surface area (Å²) in [6.45, 7) is 2.06. The van der Waals surface area contributed by atoms with Gasteiger partial charge in [-0.25, -0.2) is 4.79 Å². The molecule has 1 aliphatic rings. The predicted molar refractivity (Wildman–Crippen MR) is 55.6 cm³/mol. The molecule has 1 fully saturated rings. The molecule has 0 aromatic rings. The van der Waals surface area contributed by atoms with Gasteiger partial charge in [-0.3, -0.25) is 9.59 Å². The number of aliphatic hydroxyl groups excluding tert-OH is 2. The summed E-state index contributed by atoms with van der Waals surface area (Å²) in [5, 5.41) is 28.1. The number of rotatable bonds is 3. The van der Waals surface area contributed by atoms with E-state index in [1.54, 1.807) is 0 Å². The van der Waals surface area contributed by atoms with Crippen molar-refractivity contribution in [3.63, 3.8) is 0 Å². The number of hydrogen-bond donors (Lipinski definition) is 3. The summed E-state index contributed by atoms with van der Waals surface area (Å²) < 4.78 is 14.0. The molecule has 108 valence electrons. The Kier molecular flexibility index (Phi) is 4.81. The number of carboxylic acid groups (broad SMARTS) is 1. The highest BCUT2D eigenvalue weighted by Gasteiger charge is 2.51. The van der Waals surface area contributed by atoms with Crippen LogP contribution in [0.15, 0.2) is 0 Å². The van der Waals surface area contributed by atoms with E-state index in [-0.39, 0.29) is 0 Å². The number of aliphatic hydroxyl groups is 2. The molecular weight excluding hydrogens is 264 g/mol. The Morgan fingerprint density at radius 2 is 1.47 bits per heavy atom. The molecule has 9 heteroatoms. The Bertz CT molecular complexity index is 379. The SMILES string of the molecule is CC(=O)O[C@@H]1[C@@H](OC(C)=O)[C@H](O)[C@@H](C(=O)O)O[C@H]1O. The van der Waals surface area contributed by atoms with Crippen LogP contribution >= 0.6 is 0 Å². The van der Waals surface area contributed by atoms with Gasteiger partial charge < -0.3 is 29.5 Å². The van der Waals surface area contributed by atoms with Crippen molar-refractivity contribution in [3.8, 4) is 0 Å². The molecule has 0 amide bonds. The Labute approximate surface area is 107 Å². The molecule has 1 saturated heterocycles. The zero-order valence-corrected chi connectivity index (χ0v) is 10.2. The van der Waals surface area contributed by atoms with E-state index in [1.807, 2.05) is 0 Å². The zero-order valence-electron chi connectivity index (χ0n) is 10.2. The van der Waals surface area contributed by atoms with Crippen molar-refractivity contribution in [3.05, 3.63) is 0 Å². The lowest BCUT2D eigenvalue weighted by Crippen LogP contribution is -2.62. The predicted octanol–water partition coefficient (Wildman–Crippen LogP) is -1.99. The molecule has 5 atom stereocenters. The van der Waals surface area contributed by atoms with Crippen LogP contribution < -0.4 is 0 Å². The molecule has 0 aliphatic carbocycles. The second-order valence-electron chi connectivity index (χ2n) is 3.92. The number of carbonyl (C=O) groups excluding carboxylic acids is 2. The Hall–Kier alpha value is -1.71. The van der Waals surface area contributed by atoms with Crippen molar-refractivity contribution < 1.29 is 43.9 Å². The lowest BCUT2D eigenvalue weighted by Gasteiger charge is -2.39. The summed E-state index contributed by atoms with van der Waals surface area (Å²) in [7, 11) is 0. The van der Waals surface area contributed by atoms with E-state index in [9.17, 15) is 24.6 Å². The molecule has 3 N–H and O–H groups in total. The van der Waals surface area contributed by atoms with Gasteiger partial charge in [0.05, 0.1) is 0 Å². The minimum absolute atomic E-state index is 0.814. The third-order valence-corrected chi connectivity index (χ3v) is 2.39. The fraction of sp³-hybridized carbons (Fsp3) is 0.700. The third-order valence-electron chi connectivity index (χ3n) is 2.39. The molecule has 0 spiro atoms. The topological polar surface area (TPSA) is 140 Å². The minimum atomic E-state index is -1.84. The first-order chi connectivity index (χ1) is 8.73. The van der Waals surface area contributed by atoms with E-state index in [1.165, 1.54) is 0 Å². The number of carbonyl (C=O) groups is 3. The van der Waals surface area contributed by atoms with Crippen LogP contribution in [0.4, 0.5) is 0 Å². The Morgan fingerprint density at radius 3 is 1.89 bits per heavy atom.